The van der Waals surface area contributed by atoms with Crippen molar-refractivity contribution in [3.63, 3.8) is 0 Å². The van der Waals surface area contributed by atoms with Gasteiger partial charge in [-0.1, -0.05) is 6.42 Å². The first-order valence-corrected chi connectivity index (χ1v) is 7.32. The van der Waals surface area contributed by atoms with Gasteiger partial charge in [-0.25, -0.2) is 0 Å². The fourth-order valence-electron chi connectivity index (χ4n) is 3.36. The Morgan fingerprint density at radius 3 is 3.00 bits per heavy atom. The molecule has 0 aromatic carbocycles. The summed E-state index contributed by atoms with van der Waals surface area (Å²) in [5, 5.41) is 10.3. The van der Waals surface area contributed by atoms with Gasteiger partial charge in [0.2, 0.25) is 5.91 Å². The number of nitrogens with zero attached hydrogens (tertiary/aromatic N) is 1. The molecule has 1 amide bonds. The normalized spacial score (nSPS) is 29.1. The van der Waals surface area contributed by atoms with Gasteiger partial charge in [-0.3, -0.25) is 9.89 Å². The van der Waals surface area contributed by atoms with Crippen LogP contribution in [0.25, 0.3) is 0 Å². The Morgan fingerprint density at radius 2 is 2.20 bits per heavy atom. The van der Waals surface area contributed by atoms with E-state index in [0.29, 0.717) is 0 Å². The van der Waals surface area contributed by atoms with Gasteiger partial charge >= 0.3 is 0 Å². The maximum atomic E-state index is 12.3. The number of aryl methyl sites for hydroxylation is 1. The predicted octanol–water partition coefficient (Wildman–Crippen LogP) is 1.84. The number of rotatable bonds is 2. The highest BCUT2D eigenvalue weighted by atomic mass is 35.5. The zero-order chi connectivity index (χ0) is 13.2. The number of aromatic nitrogens is 2. The van der Waals surface area contributed by atoms with Crippen molar-refractivity contribution >= 4 is 18.3 Å². The van der Waals surface area contributed by atoms with Crippen LogP contribution in [0.5, 0.6) is 0 Å². The first-order chi connectivity index (χ1) is 9.24. The van der Waals surface area contributed by atoms with E-state index in [0.717, 1.165) is 50.6 Å². The lowest BCUT2D eigenvalue weighted by atomic mass is 9.85. The van der Waals surface area contributed by atoms with E-state index < -0.39 is 0 Å². The van der Waals surface area contributed by atoms with Gasteiger partial charge in [0.05, 0.1) is 17.9 Å². The number of nitrogens with two attached hydrogens (primary N) is 1. The Morgan fingerprint density at radius 1 is 1.35 bits per heavy atom. The van der Waals surface area contributed by atoms with Crippen LogP contribution in [0.3, 0.4) is 0 Å². The third-order valence-corrected chi connectivity index (χ3v) is 4.44. The minimum atomic E-state index is 0. The van der Waals surface area contributed by atoms with Gasteiger partial charge in [0.1, 0.15) is 0 Å². The summed E-state index contributed by atoms with van der Waals surface area (Å²) in [6, 6.07) is 0.301. The number of nitrogens with one attached hydrogen (secondary N) is 2. The third kappa shape index (κ3) is 3.15. The Bertz CT molecular complexity index is 462. The van der Waals surface area contributed by atoms with Crippen LogP contribution in [0, 0.1) is 5.92 Å². The molecule has 1 fully saturated rings. The van der Waals surface area contributed by atoms with E-state index in [1.807, 2.05) is 6.20 Å². The van der Waals surface area contributed by atoms with Crippen molar-refractivity contribution < 1.29 is 4.79 Å². The molecule has 0 radical (unpaired) electrons. The highest BCUT2D eigenvalue weighted by molar-refractivity contribution is 5.85. The van der Waals surface area contributed by atoms with Crippen LogP contribution >= 0.6 is 12.4 Å². The summed E-state index contributed by atoms with van der Waals surface area (Å²) in [7, 11) is 0. The van der Waals surface area contributed by atoms with Gasteiger partial charge in [-0.2, -0.15) is 5.10 Å². The maximum absolute atomic E-state index is 12.3. The second kappa shape index (κ2) is 6.59. The van der Waals surface area contributed by atoms with E-state index in [2.05, 4.69) is 15.5 Å². The summed E-state index contributed by atoms with van der Waals surface area (Å²) in [6.45, 7) is 0. The van der Waals surface area contributed by atoms with Gasteiger partial charge in [0, 0.05) is 12.0 Å². The molecule has 4 N–H and O–H groups in total. The monoisotopic (exact) mass is 298 g/mol. The summed E-state index contributed by atoms with van der Waals surface area (Å²) >= 11 is 0. The Kier molecular flexibility index (Phi) is 5.05. The standard InChI is InChI=1S/C14H22N4O.ClH/c15-11-5-1-3-9(7-11)14(19)17-12-6-2-4-10-8-16-18-13(10)12;/h8-9,11-12H,1-7,15H2,(H,16,18)(H,17,19);1H. The van der Waals surface area contributed by atoms with Crippen LogP contribution < -0.4 is 11.1 Å². The summed E-state index contributed by atoms with van der Waals surface area (Å²) < 4.78 is 0. The quantitative estimate of drug-likeness (QED) is 0.779. The van der Waals surface area contributed by atoms with Gasteiger partial charge in [0.15, 0.2) is 0 Å². The van der Waals surface area contributed by atoms with Gasteiger partial charge < -0.3 is 11.1 Å². The number of halogens is 1. The first kappa shape index (κ1) is 15.3. The molecule has 1 aromatic heterocycles. The van der Waals surface area contributed by atoms with E-state index in [1.165, 1.54) is 5.56 Å². The lowest BCUT2D eigenvalue weighted by Gasteiger charge is -2.29. The summed E-state index contributed by atoms with van der Waals surface area (Å²) in [5.41, 5.74) is 8.30. The molecule has 3 atom stereocenters. The number of fused-ring (bicyclic) bond motifs is 1. The average molecular weight is 299 g/mol. The van der Waals surface area contributed by atoms with E-state index >= 15 is 0 Å². The molecular formula is C14H23ClN4O. The van der Waals surface area contributed by atoms with E-state index in [9.17, 15) is 4.79 Å². The molecule has 0 spiro atoms. The molecule has 5 nitrogen and oxygen atoms in total. The van der Waals surface area contributed by atoms with Crippen molar-refractivity contribution in [2.75, 3.05) is 0 Å². The molecule has 6 heteroatoms. The lowest BCUT2D eigenvalue weighted by molar-refractivity contribution is -0.127. The Balaban J connectivity index is 0.00000147. The smallest absolute Gasteiger partial charge is 0.223 e. The van der Waals surface area contributed by atoms with Crippen LogP contribution in [0.4, 0.5) is 0 Å². The van der Waals surface area contributed by atoms with E-state index in [1.54, 1.807) is 0 Å². The minimum absolute atomic E-state index is 0. The number of carbonyl (C=O) groups excluding carboxylic acids is 1. The molecule has 2 aliphatic carbocycles. The topological polar surface area (TPSA) is 83.8 Å². The van der Waals surface area contributed by atoms with Gasteiger partial charge in [0.25, 0.3) is 0 Å². The average Bonchev–Trinajstić information content (AvgIpc) is 2.88. The fourth-order valence-corrected chi connectivity index (χ4v) is 3.36. The highest BCUT2D eigenvalue weighted by Crippen LogP contribution is 2.29. The first-order valence-electron chi connectivity index (χ1n) is 7.32. The van der Waals surface area contributed by atoms with Crippen LogP contribution in [-0.2, 0) is 11.2 Å². The van der Waals surface area contributed by atoms with Crippen LogP contribution in [-0.4, -0.2) is 22.1 Å². The molecule has 1 aromatic rings. The second-order valence-electron chi connectivity index (χ2n) is 5.89. The second-order valence-corrected chi connectivity index (χ2v) is 5.89. The fraction of sp³-hybridized carbons (Fsp3) is 0.714. The summed E-state index contributed by atoms with van der Waals surface area (Å²) in [5.74, 6) is 0.264. The minimum Gasteiger partial charge on any atom is -0.348 e. The van der Waals surface area contributed by atoms with Gasteiger partial charge in [-0.05, 0) is 44.1 Å². The molecule has 0 aliphatic heterocycles. The maximum Gasteiger partial charge on any atom is 0.223 e. The summed E-state index contributed by atoms with van der Waals surface area (Å²) in [4.78, 5) is 12.3. The zero-order valence-electron chi connectivity index (χ0n) is 11.6. The molecule has 3 unspecified atom stereocenters. The van der Waals surface area contributed by atoms with E-state index in [-0.39, 0.29) is 36.3 Å². The van der Waals surface area contributed by atoms with Crippen molar-refractivity contribution in [1.82, 2.24) is 15.5 Å². The number of H-pyrrole nitrogens is 1. The SMILES string of the molecule is Cl.NC1CCCC(C(=O)NC2CCCc3cn[nH]c32)C1. The van der Waals surface area contributed by atoms with Crippen LogP contribution in [0.15, 0.2) is 6.20 Å². The molecule has 3 rings (SSSR count). The molecular weight excluding hydrogens is 276 g/mol. The van der Waals surface area contributed by atoms with Crippen molar-refractivity contribution in [1.29, 1.82) is 0 Å². The molecule has 0 saturated heterocycles. The van der Waals surface area contributed by atoms with E-state index in [4.69, 9.17) is 5.73 Å². The van der Waals surface area contributed by atoms with Crippen molar-refractivity contribution in [2.45, 2.75) is 57.0 Å². The van der Waals surface area contributed by atoms with Crippen molar-refractivity contribution in [3.05, 3.63) is 17.5 Å². The van der Waals surface area contributed by atoms with Crippen molar-refractivity contribution in [3.8, 4) is 0 Å². The Labute approximate surface area is 125 Å². The Hall–Kier alpha value is -1.07. The number of aromatic amines is 1. The summed E-state index contributed by atoms with van der Waals surface area (Å²) in [6.07, 6.45) is 8.98. The highest BCUT2D eigenvalue weighted by Gasteiger charge is 2.29. The third-order valence-electron chi connectivity index (χ3n) is 4.44. The van der Waals surface area contributed by atoms with Gasteiger partial charge in [-0.15, -0.1) is 12.4 Å². The number of hydrogen-bond acceptors (Lipinski definition) is 3. The molecule has 112 valence electrons. The number of amides is 1. The molecule has 0 bridgehead atoms. The molecule has 2 aliphatic rings. The van der Waals surface area contributed by atoms with Crippen LogP contribution in [0.2, 0.25) is 0 Å². The molecule has 1 heterocycles. The largest absolute Gasteiger partial charge is 0.348 e. The van der Waals surface area contributed by atoms with Crippen LogP contribution in [0.1, 0.15) is 55.8 Å². The number of hydrogen-bond donors (Lipinski definition) is 3. The number of carbonyl (C=O) groups is 1. The van der Waals surface area contributed by atoms with Crippen molar-refractivity contribution in [2.24, 2.45) is 11.7 Å². The predicted molar refractivity (Wildman–Crippen MR) is 79.6 cm³/mol. The zero-order valence-corrected chi connectivity index (χ0v) is 12.4. The molecule has 20 heavy (non-hydrogen) atoms. The lowest BCUT2D eigenvalue weighted by Crippen LogP contribution is -2.40. The molecule has 1 saturated carbocycles.